The molecule has 7 nitrogen and oxygen atoms in total. The highest BCUT2D eigenvalue weighted by Crippen LogP contribution is 2.21. The van der Waals surface area contributed by atoms with E-state index in [0.717, 1.165) is 43.9 Å². The molecule has 0 radical (unpaired) electrons. The van der Waals surface area contributed by atoms with Crippen molar-refractivity contribution in [1.29, 1.82) is 0 Å². The summed E-state index contributed by atoms with van der Waals surface area (Å²) in [5.74, 6) is 3.06. The highest BCUT2D eigenvalue weighted by Gasteiger charge is 2.46. The third-order valence-electron chi connectivity index (χ3n) is 5.19. The minimum Gasteiger partial charge on any atom is -0.379 e. The fourth-order valence-electron chi connectivity index (χ4n) is 3.29. The third kappa shape index (κ3) is 7.96. The number of carbonyl (C=O) groups excluding carboxylic acids is 2. The number of hydroxylamine groups is 1. The minimum atomic E-state index is -5.06. The van der Waals surface area contributed by atoms with Crippen LogP contribution in [0.4, 0.5) is 13.2 Å². The Bertz CT molecular complexity index is 1100. The molecule has 1 atom stereocenters. The van der Waals surface area contributed by atoms with E-state index in [-0.39, 0.29) is 5.56 Å². The van der Waals surface area contributed by atoms with E-state index < -0.39 is 24.0 Å². The number of hydrogen-bond donors (Lipinski definition) is 3. The van der Waals surface area contributed by atoms with Gasteiger partial charge < -0.3 is 10.1 Å². The number of hydrogen-bond acceptors (Lipinski definition) is 5. The first-order valence-electron chi connectivity index (χ1n) is 10.7. The lowest BCUT2D eigenvalue weighted by Gasteiger charge is -2.26. The lowest BCUT2D eigenvalue weighted by molar-refractivity contribution is -0.172. The standard InChI is InChI=1S/C25H24F3N3O4/c26-25(27,28)22(24(33)30-34)29-23(32)21-11-9-19(10-12-21)4-2-1-3-18-5-7-20(8-6-18)17-31-13-15-35-16-14-31/h2,4-12,22,34H,13-17H2,(H,29,32)(H,30,33)/b4-2+/t22-/m1/s1. The Morgan fingerprint density at radius 1 is 1.09 bits per heavy atom. The summed E-state index contributed by atoms with van der Waals surface area (Å²) < 4.78 is 44.0. The van der Waals surface area contributed by atoms with Crippen LogP contribution in [-0.4, -0.2) is 60.4 Å². The molecular formula is C25H24F3N3O4. The summed E-state index contributed by atoms with van der Waals surface area (Å²) in [6.07, 6.45) is -1.74. The topological polar surface area (TPSA) is 90.9 Å². The summed E-state index contributed by atoms with van der Waals surface area (Å²) in [7, 11) is 0. The fraction of sp³-hybridized carbons (Fsp3) is 0.280. The summed E-state index contributed by atoms with van der Waals surface area (Å²) in [6, 6.07) is 10.8. The average Bonchev–Trinajstić information content (AvgIpc) is 2.86. The Hall–Kier alpha value is -3.65. The first kappa shape index (κ1) is 26.0. The van der Waals surface area contributed by atoms with Crippen LogP contribution in [0.25, 0.3) is 6.08 Å². The van der Waals surface area contributed by atoms with Crippen LogP contribution in [0.2, 0.25) is 0 Å². The molecule has 1 heterocycles. The molecule has 0 saturated carbocycles. The van der Waals surface area contributed by atoms with E-state index in [2.05, 4.69) is 16.7 Å². The van der Waals surface area contributed by atoms with Crippen LogP contribution >= 0.6 is 0 Å². The molecule has 2 amide bonds. The van der Waals surface area contributed by atoms with Gasteiger partial charge in [-0.05, 0) is 47.5 Å². The highest BCUT2D eigenvalue weighted by atomic mass is 19.4. The van der Waals surface area contributed by atoms with Gasteiger partial charge in [0.25, 0.3) is 11.8 Å². The summed E-state index contributed by atoms with van der Waals surface area (Å²) in [6.45, 7) is 4.23. The summed E-state index contributed by atoms with van der Waals surface area (Å²) in [5.41, 5.74) is 3.56. The second kappa shape index (κ2) is 12.2. The van der Waals surface area contributed by atoms with Crippen molar-refractivity contribution in [2.75, 3.05) is 26.3 Å². The molecule has 0 bridgehead atoms. The van der Waals surface area contributed by atoms with Gasteiger partial charge in [0, 0.05) is 30.8 Å². The van der Waals surface area contributed by atoms with Gasteiger partial charge in [0.2, 0.25) is 6.04 Å². The fourth-order valence-corrected chi connectivity index (χ4v) is 3.29. The number of alkyl halides is 3. The van der Waals surface area contributed by atoms with Crippen molar-refractivity contribution < 1.29 is 32.7 Å². The second-order valence-electron chi connectivity index (χ2n) is 7.73. The van der Waals surface area contributed by atoms with Gasteiger partial charge in [-0.1, -0.05) is 36.1 Å². The first-order valence-corrected chi connectivity index (χ1v) is 10.7. The van der Waals surface area contributed by atoms with Crippen LogP contribution in [0.5, 0.6) is 0 Å². The van der Waals surface area contributed by atoms with Crippen molar-refractivity contribution in [2.45, 2.75) is 18.8 Å². The lowest BCUT2D eigenvalue weighted by Crippen LogP contribution is -2.54. The summed E-state index contributed by atoms with van der Waals surface area (Å²) >= 11 is 0. The number of rotatable bonds is 6. The van der Waals surface area contributed by atoms with Crippen LogP contribution < -0.4 is 10.8 Å². The number of ether oxygens (including phenoxy) is 1. The number of halogens is 3. The van der Waals surface area contributed by atoms with Crippen molar-refractivity contribution in [3.63, 3.8) is 0 Å². The molecule has 1 fully saturated rings. The third-order valence-corrected chi connectivity index (χ3v) is 5.19. The van der Waals surface area contributed by atoms with Gasteiger partial charge in [-0.3, -0.25) is 19.7 Å². The van der Waals surface area contributed by atoms with Gasteiger partial charge in [0.1, 0.15) is 0 Å². The zero-order valence-corrected chi connectivity index (χ0v) is 18.6. The number of nitrogens with one attached hydrogen (secondary N) is 2. The van der Waals surface area contributed by atoms with Gasteiger partial charge in [-0.2, -0.15) is 13.2 Å². The smallest absolute Gasteiger partial charge is 0.379 e. The molecule has 0 spiro atoms. The van der Waals surface area contributed by atoms with E-state index in [1.54, 1.807) is 17.5 Å². The van der Waals surface area contributed by atoms with Gasteiger partial charge in [-0.15, -0.1) is 0 Å². The average molecular weight is 487 g/mol. The Balaban J connectivity index is 1.54. The molecule has 3 rings (SSSR count). The molecule has 1 saturated heterocycles. The van der Waals surface area contributed by atoms with Crippen molar-refractivity contribution in [2.24, 2.45) is 0 Å². The largest absolute Gasteiger partial charge is 0.417 e. The summed E-state index contributed by atoms with van der Waals surface area (Å²) in [5, 5.41) is 10.0. The van der Waals surface area contributed by atoms with Gasteiger partial charge in [0.15, 0.2) is 0 Å². The van der Waals surface area contributed by atoms with Crippen molar-refractivity contribution >= 4 is 17.9 Å². The van der Waals surface area contributed by atoms with E-state index in [1.165, 1.54) is 29.8 Å². The van der Waals surface area contributed by atoms with Crippen molar-refractivity contribution in [1.82, 2.24) is 15.7 Å². The number of benzene rings is 2. The van der Waals surface area contributed by atoms with Crippen LogP contribution in [-0.2, 0) is 16.1 Å². The quantitative estimate of drug-likeness (QED) is 0.331. The van der Waals surface area contributed by atoms with Gasteiger partial charge >= 0.3 is 6.18 Å². The maximum absolute atomic E-state index is 12.9. The van der Waals surface area contributed by atoms with Crippen molar-refractivity contribution in [3.8, 4) is 11.8 Å². The lowest BCUT2D eigenvalue weighted by atomic mass is 10.1. The molecule has 0 aromatic heterocycles. The van der Waals surface area contributed by atoms with E-state index >= 15 is 0 Å². The number of nitrogens with zero attached hydrogens (tertiary/aromatic N) is 1. The SMILES string of the molecule is O=C(N[C@H](C(=O)NO)C(F)(F)F)c1ccc(/C=C/C#Cc2ccc(CN3CCOCC3)cc2)cc1. The number of allylic oxidation sites excluding steroid dienone is 1. The molecule has 0 aliphatic carbocycles. The molecule has 2 aromatic carbocycles. The molecule has 1 aliphatic heterocycles. The van der Waals surface area contributed by atoms with Crippen LogP contribution in [0.3, 0.4) is 0 Å². The normalized spacial score (nSPS) is 15.2. The monoisotopic (exact) mass is 487 g/mol. The molecule has 10 heteroatoms. The van der Waals surface area contributed by atoms with E-state index in [4.69, 9.17) is 9.94 Å². The molecule has 1 aliphatic rings. The van der Waals surface area contributed by atoms with Crippen LogP contribution in [0, 0.1) is 11.8 Å². The van der Waals surface area contributed by atoms with Gasteiger partial charge in [0.05, 0.1) is 13.2 Å². The molecule has 3 N–H and O–H groups in total. The molecule has 0 unspecified atom stereocenters. The van der Waals surface area contributed by atoms with Crippen LogP contribution in [0.15, 0.2) is 54.6 Å². The zero-order valence-electron chi connectivity index (χ0n) is 18.6. The van der Waals surface area contributed by atoms with Gasteiger partial charge in [-0.25, -0.2) is 5.48 Å². The van der Waals surface area contributed by atoms with Crippen molar-refractivity contribution in [3.05, 3.63) is 76.9 Å². The minimum absolute atomic E-state index is 0.0783. The highest BCUT2D eigenvalue weighted by molar-refractivity contribution is 5.97. The maximum Gasteiger partial charge on any atom is 0.417 e. The second-order valence-corrected chi connectivity index (χ2v) is 7.73. The Morgan fingerprint density at radius 3 is 2.34 bits per heavy atom. The predicted octanol–water partition coefficient (Wildman–Crippen LogP) is 2.75. The molecule has 35 heavy (non-hydrogen) atoms. The first-order chi connectivity index (χ1) is 16.8. The van der Waals surface area contributed by atoms with E-state index in [1.807, 2.05) is 24.3 Å². The molecule has 2 aromatic rings. The molecular weight excluding hydrogens is 463 g/mol. The number of carbonyl (C=O) groups is 2. The number of morpholine rings is 1. The maximum atomic E-state index is 12.9. The molecule has 184 valence electrons. The predicted molar refractivity (Wildman–Crippen MR) is 122 cm³/mol. The zero-order chi connectivity index (χ0) is 25.3. The number of amides is 2. The van der Waals surface area contributed by atoms with E-state index in [9.17, 15) is 22.8 Å². The Kier molecular flexibility index (Phi) is 9.03. The Labute approximate surface area is 200 Å². The summed E-state index contributed by atoms with van der Waals surface area (Å²) in [4.78, 5) is 25.6. The Morgan fingerprint density at radius 2 is 1.74 bits per heavy atom. The van der Waals surface area contributed by atoms with Crippen LogP contribution in [0.1, 0.15) is 27.0 Å². The van der Waals surface area contributed by atoms with E-state index in [0.29, 0.717) is 5.56 Å².